The molecule has 3 aromatic carbocycles. The number of nitrogens with zero attached hydrogens (tertiary/aromatic N) is 1. The van der Waals surface area contributed by atoms with Gasteiger partial charge in [-0.15, -0.1) is 0 Å². The molecule has 0 fully saturated rings. The molecule has 0 aliphatic heterocycles. The summed E-state index contributed by atoms with van der Waals surface area (Å²) in [4.78, 5) is 23.1. The topological polar surface area (TPSA) is 72.2 Å². The number of halogens is 3. The highest BCUT2D eigenvalue weighted by atomic mass is 19.4. The van der Waals surface area contributed by atoms with Crippen molar-refractivity contribution < 1.29 is 22.9 Å². The zero-order chi connectivity index (χ0) is 21.2. The van der Waals surface area contributed by atoms with Crippen molar-refractivity contribution in [1.29, 1.82) is 0 Å². The highest BCUT2D eigenvalue weighted by molar-refractivity contribution is 6.09. The number of hydrogen-bond donors (Lipinski definition) is 1. The second kappa shape index (κ2) is 7.75. The average molecular weight is 400 g/mol. The van der Waals surface area contributed by atoms with Crippen molar-refractivity contribution in [2.75, 3.05) is 5.32 Å². The molecule has 0 aliphatic carbocycles. The summed E-state index contributed by atoms with van der Waals surface area (Å²) in [6.07, 6.45) is -4.60. The molecule has 0 saturated carbocycles. The lowest BCUT2D eigenvalue weighted by Crippen LogP contribution is -2.16. The van der Waals surface area contributed by atoms with Crippen molar-refractivity contribution >= 4 is 17.3 Å². The van der Waals surface area contributed by atoms with Crippen LogP contribution >= 0.6 is 0 Å². The number of hydrogen-bond acceptors (Lipinski definition) is 3. The first-order chi connectivity index (χ1) is 13.7. The molecule has 5 nitrogen and oxygen atoms in total. The smallest absolute Gasteiger partial charge is 0.322 e. The fourth-order valence-corrected chi connectivity index (χ4v) is 2.87. The maximum atomic E-state index is 13.2. The molecular formula is C21H15F3N2O3. The van der Waals surface area contributed by atoms with E-state index in [4.69, 9.17) is 0 Å². The molecule has 0 bridgehead atoms. The quantitative estimate of drug-likeness (QED) is 0.442. The Kier molecular flexibility index (Phi) is 5.36. The predicted molar refractivity (Wildman–Crippen MR) is 103 cm³/mol. The third-order valence-corrected chi connectivity index (χ3v) is 4.35. The molecule has 3 rings (SSSR count). The van der Waals surface area contributed by atoms with E-state index in [1.54, 1.807) is 37.3 Å². The van der Waals surface area contributed by atoms with Gasteiger partial charge >= 0.3 is 6.18 Å². The molecular weight excluding hydrogens is 385 g/mol. The van der Waals surface area contributed by atoms with Crippen LogP contribution in [0.3, 0.4) is 0 Å². The fraction of sp³-hybridized carbons (Fsp3) is 0.0952. The molecule has 0 saturated heterocycles. The Morgan fingerprint density at radius 3 is 2.28 bits per heavy atom. The number of carbonyl (C=O) groups excluding carboxylic acids is 1. The van der Waals surface area contributed by atoms with Crippen LogP contribution in [0.1, 0.15) is 21.5 Å². The van der Waals surface area contributed by atoms with E-state index < -0.39 is 22.6 Å². The minimum Gasteiger partial charge on any atom is -0.322 e. The molecule has 0 radical (unpaired) electrons. The van der Waals surface area contributed by atoms with E-state index in [2.05, 4.69) is 5.32 Å². The third kappa shape index (κ3) is 4.43. The van der Waals surface area contributed by atoms with Gasteiger partial charge in [-0.3, -0.25) is 14.9 Å². The second-order valence-electron chi connectivity index (χ2n) is 6.33. The van der Waals surface area contributed by atoms with Crippen molar-refractivity contribution in [2.24, 2.45) is 0 Å². The molecule has 1 N–H and O–H groups in total. The number of nitro groups is 1. The monoisotopic (exact) mass is 400 g/mol. The lowest BCUT2D eigenvalue weighted by molar-refractivity contribution is -0.384. The van der Waals surface area contributed by atoms with E-state index in [9.17, 15) is 28.1 Å². The van der Waals surface area contributed by atoms with Crippen molar-refractivity contribution in [3.05, 3.63) is 93.5 Å². The van der Waals surface area contributed by atoms with Gasteiger partial charge in [-0.2, -0.15) is 13.2 Å². The second-order valence-corrected chi connectivity index (χ2v) is 6.33. The van der Waals surface area contributed by atoms with Gasteiger partial charge in [-0.05, 0) is 41.8 Å². The average Bonchev–Trinajstić information content (AvgIpc) is 2.68. The first kappa shape index (κ1) is 20.1. The Balaban J connectivity index is 2.03. The summed E-state index contributed by atoms with van der Waals surface area (Å²) in [7, 11) is 0. The summed E-state index contributed by atoms with van der Waals surface area (Å²) in [5.74, 6) is -0.744. The number of alkyl halides is 3. The van der Waals surface area contributed by atoms with Gasteiger partial charge in [0.25, 0.3) is 11.6 Å². The lowest BCUT2D eigenvalue weighted by Gasteiger charge is -2.15. The van der Waals surface area contributed by atoms with Crippen LogP contribution in [0.25, 0.3) is 11.1 Å². The number of nitro benzene ring substituents is 1. The van der Waals surface area contributed by atoms with Crippen molar-refractivity contribution in [3.8, 4) is 11.1 Å². The molecule has 0 aliphatic rings. The SMILES string of the molecule is Cc1cc([N+](=O)[O-])ccc1NC(=O)c1cc(C(F)(F)F)ccc1-c1ccccc1. The summed E-state index contributed by atoms with van der Waals surface area (Å²) in [5, 5.41) is 13.4. The number of amides is 1. The van der Waals surface area contributed by atoms with Crippen LogP contribution in [-0.2, 0) is 6.18 Å². The zero-order valence-corrected chi connectivity index (χ0v) is 15.2. The molecule has 8 heteroatoms. The summed E-state index contributed by atoms with van der Waals surface area (Å²) >= 11 is 0. The molecule has 0 unspecified atom stereocenters. The van der Waals surface area contributed by atoms with E-state index in [1.807, 2.05) is 0 Å². The number of non-ortho nitro benzene ring substituents is 1. The Morgan fingerprint density at radius 2 is 1.69 bits per heavy atom. The van der Waals surface area contributed by atoms with Crippen LogP contribution < -0.4 is 5.32 Å². The van der Waals surface area contributed by atoms with Gasteiger partial charge in [0.1, 0.15) is 0 Å². The minimum atomic E-state index is -4.60. The molecule has 0 aromatic heterocycles. The number of rotatable bonds is 4. The largest absolute Gasteiger partial charge is 0.416 e. The fourth-order valence-electron chi connectivity index (χ4n) is 2.87. The highest BCUT2D eigenvalue weighted by Crippen LogP contribution is 2.34. The van der Waals surface area contributed by atoms with Gasteiger partial charge in [0.05, 0.1) is 10.5 Å². The van der Waals surface area contributed by atoms with Gasteiger partial charge in [0, 0.05) is 23.4 Å². The van der Waals surface area contributed by atoms with Gasteiger partial charge in [-0.25, -0.2) is 0 Å². The van der Waals surface area contributed by atoms with E-state index in [0.717, 1.165) is 12.1 Å². The normalized spacial score (nSPS) is 11.2. The molecule has 0 spiro atoms. The summed E-state index contributed by atoms with van der Waals surface area (Å²) < 4.78 is 39.5. The van der Waals surface area contributed by atoms with E-state index >= 15 is 0 Å². The third-order valence-electron chi connectivity index (χ3n) is 4.35. The molecule has 29 heavy (non-hydrogen) atoms. The zero-order valence-electron chi connectivity index (χ0n) is 15.2. The van der Waals surface area contributed by atoms with Crippen LogP contribution in [0.15, 0.2) is 66.7 Å². The molecule has 0 atom stereocenters. The van der Waals surface area contributed by atoms with Crippen molar-refractivity contribution in [1.82, 2.24) is 0 Å². The summed E-state index contributed by atoms with van der Waals surface area (Å²) in [5.41, 5.74) is 0.386. The Hall–Kier alpha value is -3.68. The van der Waals surface area contributed by atoms with Crippen LogP contribution in [0.5, 0.6) is 0 Å². The standard InChI is InChI=1S/C21H15F3N2O3/c1-13-11-16(26(28)29)8-10-19(13)25-20(27)18-12-15(21(22,23)24)7-9-17(18)14-5-3-2-4-6-14/h2-12H,1H3,(H,25,27). The van der Waals surface area contributed by atoms with Crippen molar-refractivity contribution in [3.63, 3.8) is 0 Å². The first-order valence-corrected chi connectivity index (χ1v) is 8.50. The summed E-state index contributed by atoms with van der Waals surface area (Å²) in [6.45, 7) is 1.56. The highest BCUT2D eigenvalue weighted by Gasteiger charge is 2.32. The number of nitrogens with one attached hydrogen (secondary N) is 1. The van der Waals surface area contributed by atoms with Gasteiger partial charge in [0.2, 0.25) is 0 Å². The van der Waals surface area contributed by atoms with Crippen LogP contribution in [0.2, 0.25) is 0 Å². The molecule has 3 aromatic rings. The van der Waals surface area contributed by atoms with Gasteiger partial charge in [-0.1, -0.05) is 36.4 Å². The Bertz CT molecular complexity index is 1080. The van der Waals surface area contributed by atoms with Crippen LogP contribution in [-0.4, -0.2) is 10.8 Å². The number of aryl methyl sites for hydroxylation is 1. The predicted octanol–water partition coefficient (Wildman–Crippen LogP) is 5.84. The van der Waals surface area contributed by atoms with Gasteiger partial charge < -0.3 is 5.32 Å². The Morgan fingerprint density at radius 1 is 1.00 bits per heavy atom. The van der Waals surface area contributed by atoms with Crippen LogP contribution in [0.4, 0.5) is 24.5 Å². The van der Waals surface area contributed by atoms with Crippen molar-refractivity contribution in [2.45, 2.75) is 13.1 Å². The Labute approximate surface area is 164 Å². The van der Waals surface area contributed by atoms with E-state index in [-0.39, 0.29) is 16.9 Å². The maximum Gasteiger partial charge on any atom is 0.416 e. The van der Waals surface area contributed by atoms with E-state index in [1.165, 1.54) is 24.3 Å². The summed E-state index contributed by atoms with van der Waals surface area (Å²) in [6, 6.07) is 15.4. The molecule has 0 heterocycles. The number of anilines is 1. The maximum absolute atomic E-state index is 13.2. The first-order valence-electron chi connectivity index (χ1n) is 8.50. The van der Waals surface area contributed by atoms with E-state index in [0.29, 0.717) is 16.7 Å². The lowest BCUT2D eigenvalue weighted by atomic mass is 9.96. The molecule has 1 amide bonds. The molecule has 148 valence electrons. The van der Waals surface area contributed by atoms with Crippen LogP contribution in [0, 0.1) is 17.0 Å². The number of benzene rings is 3. The minimum absolute atomic E-state index is 0.149. The number of carbonyl (C=O) groups is 1. The van der Waals surface area contributed by atoms with Gasteiger partial charge in [0.15, 0.2) is 0 Å².